The van der Waals surface area contributed by atoms with Crippen molar-refractivity contribution < 1.29 is 18.1 Å². The van der Waals surface area contributed by atoms with E-state index in [9.17, 15) is 18.5 Å². The zero-order chi connectivity index (χ0) is 19.2. The molecule has 0 fully saturated rings. The van der Waals surface area contributed by atoms with Gasteiger partial charge >= 0.3 is 0 Å². The van der Waals surface area contributed by atoms with Crippen LogP contribution < -0.4 is 14.8 Å². The Labute approximate surface area is 152 Å². The van der Waals surface area contributed by atoms with Gasteiger partial charge in [-0.1, -0.05) is 18.2 Å². The van der Waals surface area contributed by atoms with Gasteiger partial charge in [-0.2, -0.15) is 0 Å². The lowest BCUT2D eigenvalue weighted by atomic mass is 10.2. The smallest absolute Gasteiger partial charge is 0.293 e. The average Bonchev–Trinajstić information content (AvgIpc) is 2.58. The van der Waals surface area contributed by atoms with E-state index in [-0.39, 0.29) is 22.3 Å². The van der Waals surface area contributed by atoms with Crippen molar-refractivity contribution in [2.45, 2.75) is 24.8 Å². The fourth-order valence-electron chi connectivity index (χ4n) is 2.23. The normalized spacial score (nSPS) is 11.3. The van der Waals surface area contributed by atoms with Crippen LogP contribution in [-0.2, 0) is 10.0 Å². The minimum absolute atomic E-state index is 0.149. The fourth-order valence-corrected chi connectivity index (χ4v) is 3.50. The first-order valence-corrected chi connectivity index (χ1v) is 9.50. The number of nitrogens with one attached hydrogen (secondary N) is 2. The highest BCUT2D eigenvalue weighted by Gasteiger charge is 2.21. The fraction of sp³-hybridized carbons (Fsp3) is 0.294. The summed E-state index contributed by atoms with van der Waals surface area (Å²) in [7, 11) is -3.80. The molecule has 2 aromatic carbocycles. The maximum absolute atomic E-state index is 12.2. The van der Waals surface area contributed by atoms with Crippen LogP contribution in [0.25, 0.3) is 0 Å². The Morgan fingerprint density at radius 3 is 2.46 bits per heavy atom. The summed E-state index contributed by atoms with van der Waals surface area (Å²) in [6.45, 7) is 3.98. The summed E-state index contributed by atoms with van der Waals surface area (Å²) in [5.74, 6) is 0.699. The average molecular weight is 379 g/mol. The van der Waals surface area contributed by atoms with Crippen LogP contribution in [0.1, 0.15) is 13.8 Å². The predicted molar refractivity (Wildman–Crippen MR) is 99.0 cm³/mol. The van der Waals surface area contributed by atoms with E-state index in [1.807, 2.05) is 30.3 Å². The second kappa shape index (κ2) is 8.63. The topological polar surface area (TPSA) is 111 Å². The van der Waals surface area contributed by atoms with Gasteiger partial charge in [0, 0.05) is 18.7 Å². The minimum atomic E-state index is -3.80. The third-order valence-corrected chi connectivity index (χ3v) is 4.95. The number of hydrogen-bond donors (Lipinski definition) is 2. The van der Waals surface area contributed by atoms with E-state index in [2.05, 4.69) is 10.0 Å². The molecule has 0 aliphatic rings. The number of benzene rings is 2. The summed E-state index contributed by atoms with van der Waals surface area (Å²) in [5, 5.41) is 14.2. The monoisotopic (exact) mass is 379 g/mol. The number of para-hydroxylation sites is 1. The Hall–Kier alpha value is -2.65. The predicted octanol–water partition coefficient (Wildman–Crippen LogP) is 2.77. The number of nitro benzene ring substituents is 1. The molecule has 2 aromatic rings. The molecule has 8 nitrogen and oxygen atoms in total. The van der Waals surface area contributed by atoms with Crippen molar-refractivity contribution in [2.75, 3.05) is 18.5 Å². The molecule has 2 rings (SSSR count). The van der Waals surface area contributed by atoms with Gasteiger partial charge < -0.3 is 10.1 Å². The molecule has 0 saturated carbocycles. The van der Waals surface area contributed by atoms with Gasteiger partial charge in [0.25, 0.3) is 5.69 Å². The highest BCUT2D eigenvalue weighted by atomic mass is 32.2. The third kappa shape index (κ3) is 5.43. The largest absolute Gasteiger partial charge is 0.492 e. The van der Waals surface area contributed by atoms with Crippen molar-refractivity contribution in [3.8, 4) is 5.75 Å². The quantitative estimate of drug-likeness (QED) is 0.394. The Bertz CT molecular complexity index is 854. The first kappa shape index (κ1) is 19.7. The standard InChI is InChI=1S/C17H21N3O5S/c1-13(2)19-26(23,24)15-8-9-16(17(12-15)20(21)22)18-10-11-25-14-6-4-3-5-7-14/h3-9,12-13,18-19H,10-11H2,1-2H3. The van der Waals surface area contributed by atoms with Crippen LogP contribution in [0.15, 0.2) is 53.4 Å². The Morgan fingerprint density at radius 2 is 1.85 bits per heavy atom. The van der Waals surface area contributed by atoms with Crippen LogP contribution in [0.2, 0.25) is 0 Å². The van der Waals surface area contributed by atoms with Crippen LogP contribution >= 0.6 is 0 Å². The number of sulfonamides is 1. The van der Waals surface area contributed by atoms with Crippen molar-refractivity contribution >= 4 is 21.4 Å². The summed E-state index contributed by atoms with van der Waals surface area (Å²) in [6, 6.07) is 12.6. The number of ether oxygens (including phenoxy) is 1. The molecule has 0 aromatic heterocycles. The van der Waals surface area contributed by atoms with Crippen LogP contribution in [0, 0.1) is 10.1 Å². The molecular formula is C17H21N3O5S. The van der Waals surface area contributed by atoms with Crippen molar-refractivity contribution in [3.05, 3.63) is 58.6 Å². The Morgan fingerprint density at radius 1 is 1.15 bits per heavy atom. The lowest BCUT2D eigenvalue weighted by Crippen LogP contribution is -2.30. The summed E-state index contributed by atoms with van der Waals surface area (Å²) in [4.78, 5) is 10.5. The van der Waals surface area contributed by atoms with E-state index < -0.39 is 14.9 Å². The Kier molecular flexibility index (Phi) is 6.53. The van der Waals surface area contributed by atoms with E-state index in [1.165, 1.54) is 12.1 Å². The summed E-state index contributed by atoms with van der Waals surface area (Å²) >= 11 is 0. The molecule has 0 aliphatic heterocycles. The van der Waals surface area contributed by atoms with Gasteiger partial charge in [-0.15, -0.1) is 0 Å². The summed E-state index contributed by atoms with van der Waals surface area (Å²) < 4.78 is 32.3. The molecule has 0 bridgehead atoms. The molecule has 26 heavy (non-hydrogen) atoms. The van der Waals surface area contributed by atoms with Crippen molar-refractivity contribution in [1.82, 2.24) is 4.72 Å². The third-order valence-electron chi connectivity index (χ3n) is 3.30. The molecule has 0 heterocycles. The maximum Gasteiger partial charge on any atom is 0.293 e. The van der Waals surface area contributed by atoms with Crippen molar-refractivity contribution in [1.29, 1.82) is 0 Å². The van der Waals surface area contributed by atoms with Gasteiger partial charge in [0.15, 0.2) is 0 Å². The summed E-state index contributed by atoms with van der Waals surface area (Å²) in [6.07, 6.45) is 0. The van der Waals surface area contributed by atoms with Crippen LogP contribution in [0.3, 0.4) is 0 Å². The molecule has 9 heteroatoms. The van der Waals surface area contributed by atoms with Crippen molar-refractivity contribution in [3.63, 3.8) is 0 Å². The molecule has 0 amide bonds. The molecule has 0 radical (unpaired) electrons. The minimum Gasteiger partial charge on any atom is -0.492 e. The van der Waals surface area contributed by atoms with E-state index in [1.54, 1.807) is 13.8 Å². The number of anilines is 1. The van der Waals surface area contributed by atoms with Crippen LogP contribution in [-0.4, -0.2) is 32.5 Å². The second-order valence-corrected chi connectivity index (χ2v) is 7.51. The van der Waals surface area contributed by atoms with Gasteiger partial charge in [0.05, 0.1) is 9.82 Å². The lowest BCUT2D eigenvalue weighted by Gasteiger charge is -2.12. The highest BCUT2D eigenvalue weighted by molar-refractivity contribution is 7.89. The second-order valence-electron chi connectivity index (χ2n) is 5.80. The zero-order valence-corrected chi connectivity index (χ0v) is 15.3. The van der Waals surface area contributed by atoms with Crippen LogP contribution in [0.4, 0.5) is 11.4 Å². The molecule has 0 aliphatic carbocycles. The number of nitro groups is 1. The first-order valence-electron chi connectivity index (χ1n) is 8.02. The van der Waals surface area contributed by atoms with Crippen molar-refractivity contribution in [2.24, 2.45) is 0 Å². The molecule has 0 saturated heterocycles. The number of nitrogens with zero attached hydrogens (tertiary/aromatic N) is 1. The molecule has 0 atom stereocenters. The first-order chi connectivity index (χ1) is 12.3. The van der Waals surface area contributed by atoms with Crippen LogP contribution in [0.5, 0.6) is 5.75 Å². The highest BCUT2D eigenvalue weighted by Crippen LogP contribution is 2.27. The number of rotatable bonds is 9. The zero-order valence-electron chi connectivity index (χ0n) is 14.5. The SMILES string of the molecule is CC(C)NS(=O)(=O)c1ccc(NCCOc2ccccc2)c([N+](=O)[O-])c1. The Balaban J connectivity index is 2.07. The number of hydrogen-bond acceptors (Lipinski definition) is 6. The van der Waals surface area contributed by atoms with Gasteiger partial charge in [-0.05, 0) is 38.1 Å². The molecular weight excluding hydrogens is 358 g/mol. The van der Waals surface area contributed by atoms with Gasteiger partial charge in [0.1, 0.15) is 18.0 Å². The molecule has 140 valence electrons. The molecule has 2 N–H and O–H groups in total. The summed E-state index contributed by atoms with van der Waals surface area (Å²) in [5.41, 5.74) is -0.0773. The van der Waals surface area contributed by atoms with E-state index in [0.29, 0.717) is 18.9 Å². The van der Waals surface area contributed by atoms with Gasteiger partial charge in [-0.3, -0.25) is 10.1 Å². The maximum atomic E-state index is 12.2. The van der Waals surface area contributed by atoms with Gasteiger partial charge in [-0.25, -0.2) is 13.1 Å². The van der Waals surface area contributed by atoms with E-state index in [0.717, 1.165) is 6.07 Å². The molecule has 0 spiro atoms. The van der Waals surface area contributed by atoms with E-state index >= 15 is 0 Å². The van der Waals surface area contributed by atoms with E-state index in [4.69, 9.17) is 4.74 Å². The van der Waals surface area contributed by atoms with Gasteiger partial charge in [0.2, 0.25) is 10.0 Å². The molecule has 0 unspecified atom stereocenters. The lowest BCUT2D eigenvalue weighted by molar-refractivity contribution is -0.384.